The molecule has 0 aromatic carbocycles. The van der Waals surface area contributed by atoms with Crippen molar-refractivity contribution in [2.75, 3.05) is 18.0 Å². The van der Waals surface area contributed by atoms with E-state index < -0.39 is 5.97 Å². The van der Waals surface area contributed by atoms with Crippen LogP contribution in [0.15, 0.2) is 10.7 Å². The third-order valence-corrected chi connectivity index (χ3v) is 2.34. The fraction of sp³-hybridized carbons (Fsp3) is 0.556. The van der Waals surface area contributed by atoms with Crippen molar-refractivity contribution in [3.8, 4) is 0 Å². The highest BCUT2D eigenvalue weighted by Gasteiger charge is 2.17. The fourth-order valence-electron chi connectivity index (χ4n) is 1.59. The van der Waals surface area contributed by atoms with Crippen molar-refractivity contribution in [1.82, 2.24) is 4.98 Å². The van der Waals surface area contributed by atoms with Crippen molar-refractivity contribution in [3.63, 3.8) is 0 Å². The molecule has 0 atom stereocenters. The zero-order chi connectivity index (χ0) is 9.97. The Morgan fingerprint density at radius 3 is 2.71 bits per heavy atom. The largest absolute Gasteiger partial charge is 0.476 e. The van der Waals surface area contributed by atoms with Crippen LogP contribution in [0.2, 0.25) is 0 Å². The Balaban J connectivity index is 2.11. The molecule has 1 aliphatic heterocycles. The molecule has 2 heterocycles. The quantitative estimate of drug-likeness (QED) is 0.773. The summed E-state index contributed by atoms with van der Waals surface area (Å²) < 4.78 is 5.10. The highest BCUT2D eigenvalue weighted by atomic mass is 16.4. The van der Waals surface area contributed by atoms with E-state index in [1.54, 1.807) is 0 Å². The van der Waals surface area contributed by atoms with Gasteiger partial charge in [0, 0.05) is 13.1 Å². The molecule has 0 spiro atoms. The third-order valence-electron chi connectivity index (χ3n) is 2.34. The van der Waals surface area contributed by atoms with E-state index >= 15 is 0 Å². The second-order valence-corrected chi connectivity index (χ2v) is 3.37. The third kappa shape index (κ3) is 1.71. The maximum atomic E-state index is 10.6. The van der Waals surface area contributed by atoms with Gasteiger partial charge in [-0.1, -0.05) is 0 Å². The van der Waals surface area contributed by atoms with Crippen molar-refractivity contribution in [2.24, 2.45) is 0 Å². The highest BCUT2D eigenvalue weighted by Crippen LogP contribution is 2.18. The number of aromatic carboxylic acids is 1. The summed E-state index contributed by atoms with van der Waals surface area (Å²) in [6.07, 6.45) is 4.64. The molecule has 1 aliphatic rings. The highest BCUT2D eigenvalue weighted by molar-refractivity contribution is 5.85. The molecule has 5 heteroatoms. The number of piperidine rings is 1. The molecule has 0 saturated carbocycles. The first kappa shape index (κ1) is 9.05. The van der Waals surface area contributed by atoms with Crippen LogP contribution in [0.25, 0.3) is 0 Å². The predicted molar refractivity (Wildman–Crippen MR) is 49.5 cm³/mol. The standard InChI is InChI=1S/C9H12N2O3/c12-8(13)7-6-14-9(10-7)11-4-2-1-3-5-11/h6H,1-5H2,(H,12,13). The first-order valence-corrected chi connectivity index (χ1v) is 4.71. The average molecular weight is 196 g/mol. The maximum Gasteiger partial charge on any atom is 0.357 e. The molecule has 0 radical (unpaired) electrons. The fourth-order valence-corrected chi connectivity index (χ4v) is 1.59. The maximum absolute atomic E-state index is 10.6. The number of rotatable bonds is 2. The monoisotopic (exact) mass is 196 g/mol. The Bertz CT molecular complexity index is 329. The lowest BCUT2D eigenvalue weighted by Crippen LogP contribution is -2.29. The van der Waals surface area contributed by atoms with Crippen molar-refractivity contribution in [1.29, 1.82) is 0 Å². The van der Waals surface area contributed by atoms with Gasteiger partial charge in [0.15, 0.2) is 5.69 Å². The molecule has 76 valence electrons. The Morgan fingerprint density at radius 1 is 1.43 bits per heavy atom. The van der Waals surface area contributed by atoms with Gasteiger partial charge in [-0.25, -0.2) is 4.79 Å². The second kappa shape index (κ2) is 3.69. The number of nitrogens with zero attached hydrogens (tertiary/aromatic N) is 2. The first-order valence-electron chi connectivity index (χ1n) is 4.71. The topological polar surface area (TPSA) is 66.6 Å². The molecule has 1 saturated heterocycles. The summed E-state index contributed by atoms with van der Waals surface area (Å²) in [6, 6.07) is 0.433. The Labute approximate surface area is 81.3 Å². The minimum atomic E-state index is -1.04. The van der Waals surface area contributed by atoms with Gasteiger partial charge in [0.1, 0.15) is 6.26 Å². The van der Waals surface area contributed by atoms with Crippen LogP contribution in [-0.4, -0.2) is 29.1 Å². The van der Waals surface area contributed by atoms with Gasteiger partial charge in [0.25, 0.3) is 6.01 Å². The number of oxazole rings is 1. The smallest absolute Gasteiger partial charge is 0.357 e. The first-order chi connectivity index (χ1) is 6.77. The summed E-state index contributed by atoms with van der Waals surface area (Å²) in [7, 11) is 0. The van der Waals surface area contributed by atoms with Gasteiger partial charge in [0.2, 0.25) is 0 Å². The molecule has 0 unspecified atom stereocenters. The molecule has 0 aliphatic carbocycles. The Kier molecular flexibility index (Phi) is 2.39. The van der Waals surface area contributed by atoms with Gasteiger partial charge >= 0.3 is 5.97 Å². The van der Waals surface area contributed by atoms with Crippen molar-refractivity contribution >= 4 is 12.0 Å². The van der Waals surface area contributed by atoms with Gasteiger partial charge in [-0.3, -0.25) is 0 Å². The second-order valence-electron chi connectivity index (χ2n) is 3.37. The lowest BCUT2D eigenvalue weighted by atomic mass is 10.1. The number of aromatic nitrogens is 1. The molecular weight excluding hydrogens is 184 g/mol. The van der Waals surface area contributed by atoms with Gasteiger partial charge < -0.3 is 14.4 Å². The van der Waals surface area contributed by atoms with E-state index in [0.717, 1.165) is 25.9 Å². The zero-order valence-electron chi connectivity index (χ0n) is 7.77. The minimum Gasteiger partial charge on any atom is -0.476 e. The number of hydrogen-bond acceptors (Lipinski definition) is 4. The van der Waals surface area contributed by atoms with Crippen LogP contribution in [0.1, 0.15) is 29.8 Å². The minimum absolute atomic E-state index is 0.0226. The van der Waals surface area contributed by atoms with Gasteiger partial charge in [0.05, 0.1) is 0 Å². The molecule has 1 aromatic rings. The van der Waals surface area contributed by atoms with Crippen molar-refractivity contribution in [3.05, 3.63) is 12.0 Å². The van der Waals surface area contributed by atoms with E-state index in [4.69, 9.17) is 9.52 Å². The van der Waals surface area contributed by atoms with Crippen LogP contribution >= 0.6 is 0 Å². The summed E-state index contributed by atoms with van der Waals surface area (Å²) >= 11 is 0. The average Bonchev–Trinajstić information content (AvgIpc) is 2.68. The number of carboxylic acid groups (broad SMARTS) is 1. The van der Waals surface area contributed by atoms with E-state index in [9.17, 15) is 4.79 Å². The van der Waals surface area contributed by atoms with E-state index in [1.807, 2.05) is 4.90 Å². The molecular formula is C9H12N2O3. The number of carbonyl (C=O) groups is 1. The molecule has 1 N–H and O–H groups in total. The van der Waals surface area contributed by atoms with Crippen molar-refractivity contribution in [2.45, 2.75) is 19.3 Å². The Morgan fingerprint density at radius 2 is 2.14 bits per heavy atom. The molecule has 0 bridgehead atoms. The number of anilines is 1. The molecule has 1 aromatic heterocycles. The van der Waals surface area contributed by atoms with Crippen LogP contribution in [0.3, 0.4) is 0 Å². The van der Waals surface area contributed by atoms with Crippen LogP contribution < -0.4 is 4.90 Å². The van der Waals surface area contributed by atoms with E-state index in [1.165, 1.54) is 12.7 Å². The molecule has 2 rings (SSSR count). The van der Waals surface area contributed by atoms with Crippen LogP contribution in [-0.2, 0) is 0 Å². The summed E-state index contributed by atoms with van der Waals surface area (Å²) in [4.78, 5) is 16.4. The predicted octanol–water partition coefficient (Wildman–Crippen LogP) is 1.36. The zero-order valence-corrected chi connectivity index (χ0v) is 7.77. The molecule has 5 nitrogen and oxygen atoms in total. The molecule has 14 heavy (non-hydrogen) atoms. The lowest BCUT2D eigenvalue weighted by Gasteiger charge is -2.24. The Hall–Kier alpha value is -1.52. The van der Waals surface area contributed by atoms with Crippen molar-refractivity contribution < 1.29 is 14.3 Å². The SMILES string of the molecule is O=C(O)c1coc(N2CCCCC2)n1. The van der Waals surface area contributed by atoms with Gasteiger partial charge in [-0.05, 0) is 19.3 Å². The lowest BCUT2D eigenvalue weighted by molar-refractivity contribution is 0.0690. The summed E-state index contributed by atoms with van der Waals surface area (Å²) in [5, 5.41) is 8.66. The molecule has 1 fully saturated rings. The summed E-state index contributed by atoms with van der Waals surface area (Å²) in [5.74, 6) is -1.04. The van der Waals surface area contributed by atoms with Gasteiger partial charge in [-0.2, -0.15) is 4.98 Å². The van der Waals surface area contributed by atoms with Crippen LogP contribution in [0, 0.1) is 0 Å². The van der Waals surface area contributed by atoms with Crippen LogP contribution in [0.4, 0.5) is 6.01 Å². The summed E-state index contributed by atoms with van der Waals surface area (Å²) in [6.45, 7) is 1.80. The number of hydrogen-bond donors (Lipinski definition) is 1. The van der Waals surface area contributed by atoms with Crippen LogP contribution in [0.5, 0.6) is 0 Å². The van der Waals surface area contributed by atoms with Gasteiger partial charge in [-0.15, -0.1) is 0 Å². The van der Waals surface area contributed by atoms with E-state index in [0.29, 0.717) is 6.01 Å². The number of carboxylic acids is 1. The van der Waals surface area contributed by atoms with E-state index in [-0.39, 0.29) is 5.69 Å². The summed E-state index contributed by atoms with van der Waals surface area (Å²) in [5.41, 5.74) is -0.0226. The van der Waals surface area contributed by atoms with E-state index in [2.05, 4.69) is 4.98 Å². The molecule has 0 amide bonds. The normalized spacial score (nSPS) is 17.0.